The Kier molecular flexibility index (Phi) is 6.95. The molecular weight excluding hydrogens is 428 g/mol. The molecule has 1 aromatic heterocycles. The van der Waals surface area contributed by atoms with Gasteiger partial charge in [-0.3, -0.25) is 5.10 Å². The number of nitrogens with one attached hydrogen (secondary N) is 1. The van der Waals surface area contributed by atoms with Gasteiger partial charge in [-0.2, -0.15) is 5.26 Å². The Morgan fingerprint density at radius 2 is 2.10 bits per heavy atom. The van der Waals surface area contributed by atoms with Crippen molar-refractivity contribution in [3.8, 4) is 29.0 Å². The number of aliphatic carboxylic acids is 1. The number of rotatable bonds is 8. The third kappa shape index (κ3) is 5.31. The number of carboxylic acids is 1. The molecule has 3 rings (SSSR count). The van der Waals surface area contributed by atoms with E-state index in [1.807, 2.05) is 6.07 Å². The number of nitriles is 1. The Hall–Kier alpha value is -3.48. The Morgan fingerprint density at radius 3 is 2.77 bits per heavy atom. The molecule has 0 aliphatic heterocycles. The molecule has 0 aliphatic carbocycles. The van der Waals surface area contributed by atoms with Gasteiger partial charge < -0.3 is 14.6 Å². The normalized spacial score (nSPS) is 11.0. The largest absolute Gasteiger partial charge is 0.496 e. The summed E-state index contributed by atoms with van der Waals surface area (Å²) in [6, 6.07) is 13.7. The number of aromatic amines is 1. The van der Waals surface area contributed by atoms with E-state index >= 15 is 0 Å². The first-order chi connectivity index (χ1) is 14.5. The highest BCUT2D eigenvalue weighted by Crippen LogP contribution is 2.33. The van der Waals surface area contributed by atoms with Crippen LogP contribution in [0.2, 0.25) is 5.02 Å². The summed E-state index contributed by atoms with van der Waals surface area (Å²) in [7, 11) is 1.53. The summed E-state index contributed by atoms with van der Waals surface area (Å²) in [6.07, 6.45) is 1.50. The van der Waals surface area contributed by atoms with E-state index in [-0.39, 0.29) is 16.7 Å². The zero-order valence-corrected chi connectivity index (χ0v) is 17.2. The molecule has 1 heterocycles. The van der Waals surface area contributed by atoms with Crippen molar-refractivity contribution < 1.29 is 19.4 Å². The van der Waals surface area contributed by atoms with Crippen LogP contribution >= 0.6 is 23.4 Å². The Balaban J connectivity index is 1.81. The minimum Gasteiger partial charge on any atom is -0.496 e. The van der Waals surface area contributed by atoms with E-state index in [2.05, 4.69) is 15.2 Å². The average Bonchev–Trinajstić information content (AvgIpc) is 3.21. The minimum absolute atomic E-state index is 0.0318. The van der Waals surface area contributed by atoms with E-state index in [0.717, 1.165) is 11.8 Å². The van der Waals surface area contributed by atoms with Gasteiger partial charge in [0.05, 0.1) is 12.7 Å². The van der Waals surface area contributed by atoms with Gasteiger partial charge in [0.25, 0.3) is 0 Å². The van der Waals surface area contributed by atoms with Crippen molar-refractivity contribution in [3.63, 3.8) is 0 Å². The Bertz CT molecular complexity index is 1120. The number of H-pyrrole nitrogens is 1. The molecule has 152 valence electrons. The van der Waals surface area contributed by atoms with Crippen molar-refractivity contribution in [1.82, 2.24) is 15.2 Å². The van der Waals surface area contributed by atoms with Crippen LogP contribution in [0.5, 0.6) is 11.5 Å². The Labute approximate surface area is 181 Å². The molecule has 0 aliphatic rings. The summed E-state index contributed by atoms with van der Waals surface area (Å²) in [6.45, 7) is -0.0595. The van der Waals surface area contributed by atoms with Crippen LogP contribution < -0.4 is 9.47 Å². The lowest BCUT2D eigenvalue weighted by Crippen LogP contribution is -1.97. The molecule has 0 bridgehead atoms. The van der Waals surface area contributed by atoms with Gasteiger partial charge in [-0.05, 0) is 53.7 Å². The molecule has 0 fully saturated rings. The predicted molar refractivity (Wildman–Crippen MR) is 112 cm³/mol. The van der Waals surface area contributed by atoms with Crippen molar-refractivity contribution in [1.29, 1.82) is 5.26 Å². The van der Waals surface area contributed by atoms with Gasteiger partial charge in [0.1, 0.15) is 22.5 Å². The van der Waals surface area contributed by atoms with E-state index in [1.165, 1.54) is 13.2 Å². The number of hydrogen-bond donors (Lipinski definition) is 2. The van der Waals surface area contributed by atoms with Gasteiger partial charge in [-0.25, -0.2) is 9.78 Å². The first kappa shape index (κ1) is 21.2. The maximum absolute atomic E-state index is 11.7. The van der Waals surface area contributed by atoms with Crippen molar-refractivity contribution in [2.75, 3.05) is 13.7 Å². The van der Waals surface area contributed by atoms with Gasteiger partial charge in [-0.1, -0.05) is 23.7 Å². The summed E-state index contributed by atoms with van der Waals surface area (Å²) in [5.74, 6) is 0.365. The summed E-state index contributed by atoms with van der Waals surface area (Å²) < 4.78 is 10.5. The number of thioether (sulfide) groups is 1. The molecule has 3 aromatic rings. The molecule has 0 unspecified atom stereocenters. The second kappa shape index (κ2) is 9.82. The van der Waals surface area contributed by atoms with Crippen LogP contribution in [0.25, 0.3) is 17.5 Å². The van der Waals surface area contributed by atoms with E-state index in [9.17, 15) is 9.90 Å². The number of benzene rings is 2. The van der Waals surface area contributed by atoms with Crippen LogP contribution in [-0.4, -0.2) is 40.0 Å². The molecule has 0 saturated heterocycles. The number of carboxylic acid groups (broad SMARTS) is 1. The first-order valence-electron chi connectivity index (χ1n) is 8.49. The van der Waals surface area contributed by atoms with Crippen molar-refractivity contribution in [2.45, 2.75) is 5.16 Å². The smallest absolute Gasteiger partial charge is 0.342 e. The molecule has 30 heavy (non-hydrogen) atoms. The summed E-state index contributed by atoms with van der Waals surface area (Å²) in [5.41, 5.74) is 1.26. The maximum atomic E-state index is 11.7. The number of halogens is 1. The van der Waals surface area contributed by atoms with Crippen LogP contribution in [0.15, 0.2) is 52.5 Å². The maximum Gasteiger partial charge on any atom is 0.342 e. The minimum atomic E-state index is -1.11. The van der Waals surface area contributed by atoms with Gasteiger partial charge in [-0.15, -0.1) is 5.10 Å². The zero-order chi connectivity index (χ0) is 21.5. The van der Waals surface area contributed by atoms with E-state index in [1.54, 1.807) is 42.5 Å². The summed E-state index contributed by atoms with van der Waals surface area (Å²) >= 11 is 6.95. The van der Waals surface area contributed by atoms with Crippen LogP contribution in [0.1, 0.15) is 5.56 Å². The topological polar surface area (TPSA) is 121 Å². The van der Waals surface area contributed by atoms with Crippen LogP contribution in [-0.2, 0) is 4.79 Å². The van der Waals surface area contributed by atoms with Crippen molar-refractivity contribution in [2.24, 2.45) is 0 Å². The monoisotopic (exact) mass is 442 g/mol. The summed E-state index contributed by atoms with van der Waals surface area (Å²) in [4.78, 5) is 16.1. The molecule has 0 saturated carbocycles. The van der Waals surface area contributed by atoms with Gasteiger partial charge in [0, 0.05) is 5.02 Å². The highest BCUT2D eigenvalue weighted by molar-refractivity contribution is 8.04. The predicted octanol–water partition coefficient (Wildman–Crippen LogP) is 4.25. The number of carbonyl (C=O) groups is 1. The van der Waals surface area contributed by atoms with Crippen molar-refractivity contribution >= 4 is 35.4 Å². The van der Waals surface area contributed by atoms with Crippen LogP contribution in [0.3, 0.4) is 0 Å². The molecule has 0 spiro atoms. The third-order valence-corrected chi connectivity index (χ3v) is 4.89. The molecule has 2 N–H and O–H groups in total. The quantitative estimate of drug-likeness (QED) is 0.392. The third-order valence-electron chi connectivity index (χ3n) is 3.77. The fraction of sp³-hybridized carbons (Fsp3) is 0.100. The lowest BCUT2D eigenvalue weighted by atomic mass is 10.2. The molecule has 10 heteroatoms. The van der Waals surface area contributed by atoms with Gasteiger partial charge in [0.2, 0.25) is 5.16 Å². The molecule has 0 amide bonds. The fourth-order valence-corrected chi connectivity index (χ4v) is 3.32. The average molecular weight is 443 g/mol. The molecule has 0 atom stereocenters. The van der Waals surface area contributed by atoms with E-state index in [0.29, 0.717) is 33.5 Å². The van der Waals surface area contributed by atoms with Crippen LogP contribution in [0, 0.1) is 11.3 Å². The highest BCUT2D eigenvalue weighted by atomic mass is 35.5. The summed E-state index contributed by atoms with van der Waals surface area (Å²) in [5, 5.41) is 25.7. The first-order valence-corrected chi connectivity index (χ1v) is 9.68. The highest BCUT2D eigenvalue weighted by Gasteiger charge is 2.16. The van der Waals surface area contributed by atoms with E-state index < -0.39 is 5.97 Å². The zero-order valence-electron chi connectivity index (χ0n) is 15.6. The number of aromatic nitrogens is 3. The number of methoxy groups -OCH3 is 1. The molecular formula is C20H15ClN4O4S. The molecule has 2 aromatic carbocycles. The Morgan fingerprint density at radius 1 is 1.33 bits per heavy atom. The van der Waals surface area contributed by atoms with Gasteiger partial charge >= 0.3 is 5.97 Å². The lowest BCUT2D eigenvalue weighted by Gasteiger charge is -2.05. The number of hydrogen-bond acceptors (Lipinski definition) is 7. The second-order valence-corrected chi connectivity index (χ2v) is 7.19. The van der Waals surface area contributed by atoms with Crippen LogP contribution in [0.4, 0.5) is 0 Å². The molecule has 0 radical (unpaired) electrons. The lowest BCUT2D eigenvalue weighted by molar-refractivity contribution is -0.131. The number of ether oxygens (including phenoxy) is 2. The standard InChI is InChI=1S/C20H15ClN4O4S/c1-28-16-7-4-13(21)11-15(16)18-23-20(25-24-18)30-17(19(26)27)10-12-2-5-14(6-3-12)29-9-8-22/h2-7,10-11H,9H2,1H3,(H,26,27)(H,23,24,25)/b17-10-. The fourth-order valence-electron chi connectivity index (χ4n) is 2.44. The van der Waals surface area contributed by atoms with Crippen molar-refractivity contribution in [3.05, 3.63) is 58.0 Å². The number of nitrogens with zero attached hydrogens (tertiary/aromatic N) is 3. The second-order valence-electron chi connectivity index (χ2n) is 5.74. The SMILES string of the molecule is COc1ccc(Cl)cc1-c1nc(S/C(=C\c2ccc(OCC#N)cc2)C(=O)O)n[nH]1. The van der Waals surface area contributed by atoms with Gasteiger partial charge in [0.15, 0.2) is 12.4 Å². The van der Waals surface area contributed by atoms with E-state index in [4.69, 9.17) is 26.3 Å². The molecule has 8 nitrogen and oxygen atoms in total.